The molecule has 124 valence electrons. The number of pyridine rings is 2. The van der Waals surface area contributed by atoms with Gasteiger partial charge in [0.2, 0.25) is 5.88 Å². The van der Waals surface area contributed by atoms with Crippen LogP contribution in [0.5, 0.6) is 5.88 Å². The number of halogens is 1. The summed E-state index contributed by atoms with van der Waals surface area (Å²) in [5.74, 6) is 0.168. The highest BCUT2D eigenvalue weighted by Crippen LogP contribution is 2.23. The number of hydrogen-bond acceptors (Lipinski definition) is 5. The lowest BCUT2D eigenvalue weighted by Gasteiger charge is -2.36. The van der Waals surface area contributed by atoms with Crippen LogP contribution < -0.4 is 10.5 Å². The van der Waals surface area contributed by atoms with Crippen LogP contribution in [-0.4, -0.2) is 47.2 Å². The first kappa shape index (κ1) is 16.1. The van der Waals surface area contributed by atoms with Gasteiger partial charge in [-0.15, -0.1) is 0 Å². The van der Waals surface area contributed by atoms with E-state index in [9.17, 15) is 4.39 Å². The number of nitrogens with two attached hydrogens (primary N) is 1. The Kier molecular flexibility index (Phi) is 4.46. The van der Waals surface area contributed by atoms with Crippen molar-refractivity contribution >= 4 is 11.0 Å². The number of ether oxygens (including phenoxy) is 1. The maximum absolute atomic E-state index is 14.3. The summed E-state index contributed by atoms with van der Waals surface area (Å²) in [7, 11) is 1.55. The third kappa shape index (κ3) is 3.59. The highest BCUT2D eigenvalue weighted by molar-refractivity contribution is 5.78. The quantitative estimate of drug-likeness (QED) is 0.935. The van der Waals surface area contributed by atoms with Crippen LogP contribution in [0.1, 0.15) is 25.3 Å². The number of aromatic nitrogens is 2. The molecule has 0 unspecified atom stereocenters. The van der Waals surface area contributed by atoms with E-state index in [1.165, 1.54) is 6.20 Å². The Balaban J connectivity index is 1.78. The Bertz CT molecular complexity index is 694. The number of hydrogen-bond donors (Lipinski definition) is 1. The molecule has 3 heterocycles. The molecule has 1 fully saturated rings. The van der Waals surface area contributed by atoms with Gasteiger partial charge in [-0.25, -0.2) is 9.37 Å². The van der Waals surface area contributed by atoms with Gasteiger partial charge in [0.15, 0.2) is 0 Å². The standard InChI is InChI=1S/C17H23FN4O/c1-17(19)6-9-22(10-7-17)8-5-12-13(18)11-20-14-3-4-15(23-2)21-16(12)14/h3-4,11H,5-10,19H2,1-2H3. The van der Waals surface area contributed by atoms with Gasteiger partial charge in [0.05, 0.1) is 24.3 Å². The zero-order valence-electron chi connectivity index (χ0n) is 13.7. The summed E-state index contributed by atoms with van der Waals surface area (Å²) in [6, 6.07) is 3.55. The molecular formula is C17H23FN4O. The first-order valence-electron chi connectivity index (χ1n) is 7.98. The van der Waals surface area contributed by atoms with Gasteiger partial charge in [0, 0.05) is 23.7 Å². The van der Waals surface area contributed by atoms with E-state index in [-0.39, 0.29) is 11.4 Å². The van der Waals surface area contributed by atoms with Crippen LogP contribution in [0.25, 0.3) is 11.0 Å². The minimum Gasteiger partial charge on any atom is -0.481 e. The van der Waals surface area contributed by atoms with E-state index in [1.54, 1.807) is 13.2 Å². The predicted molar refractivity (Wildman–Crippen MR) is 88.0 cm³/mol. The van der Waals surface area contributed by atoms with Crippen LogP contribution in [0, 0.1) is 5.82 Å². The van der Waals surface area contributed by atoms with E-state index in [0.717, 1.165) is 32.5 Å². The molecule has 2 aromatic rings. The Morgan fingerprint density at radius 2 is 2.09 bits per heavy atom. The van der Waals surface area contributed by atoms with Crippen LogP contribution in [-0.2, 0) is 6.42 Å². The molecule has 6 heteroatoms. The van der Waals surface area contributed by atoms with E-state index in [4.69, 9.17) is 10.5 Å². The summed E-state index contributed by atoms with van der Waals surface area (Å²) in [6.45, 7) is 4.80. The summed E-state index contributed by atoms with van der Waals surface area (Å²) in [5, 5.41) is 0. The zero-order chi connectivity index (χ0) is 16.4. The fourth-order valence-electron chi connectivity index (χ4n) is 2.99. The van der Waals surface area contributed by atoms with Crippen molar-refractivity contribution in [2.75, 3.05) is 26.7 Å². The van der Waals surface area contributed by atoms with Crippen molar-refractivity contribution in [1.82, 2.24) is 14.9 Å². The minimum absolute atomic E-state index is 0.0694. The fraction of sp³-hybridized carbons (Fsp3) is 0.529. The monoisotopic (exact) mass is 318 g/mol. The average molecular weight is 318 g/mol. The molecule has 23 heavy (non-hydrogen) atoms. The van der Waals surface area contributed by atoms with E-state index >= 15 is 0 Å². The van der Waals surface area contributed by atoms with Crippen LogP contribution in [0.3, 0.4) is 0 Å². The molecule has 0 atom stereocenters. The highest BCUT2D eigenvalue weighted by Gasteiger charge is 2.25. The third-order valence-corrected chi connectivity index (χ3v) is 4.62. The Morgan fingerprint density at radius 3 is 2.78 bits per heavy atom. The van der Waals surface area contributed by atoms with Gasteiger partial charge in [-0.3, -0.25) is 4.98 Å². The van der Waals surface area contributed by atoms with Gasteiger partial charge in [-0.05, 0) is 45.3 Å². The van der Waals surface area contributed by atoms with Gasteiger partial charge >= 0.3 is 0 Å². The van der Waals surface area contributed by atoms with Crippen molar-refractivity contribution in [1.29, 1.82) is 0 Å². The number of rotatable bonds is 4. The molecule has 3 rings (SSSR count). The molecule has 0 aromatic carbocycles. The summed E-state index contributed by atoms with van der Waals surface area (Å²) in [5.41, 5.74) is 7.97. The number of methoxy groups -OCH3 is 1. The molecule has 5 nitrogen and oxygen atoms in total. The number of fused-ring (bicyclic) bond motifs is 1. The predicted octanol–water partition coefficient (Wildman–Crippen LogP) is 2.13. The van der Waals surface area contributed by atoms with Crippen molar-refractivity contribution in [2.24, 2.45) is 5.73 Å². The SMILES string of the molecule is COc1ccc2ncc(F)c(CCN3CCC(C)(N)CC3)c2n1. The molecule has 2 N–H and O–H groups in total. The van der Waals surface area contributed by atoms with Crippen LogP contribution in [0.2, 0.25) is 0 Å². The molecular weight excluding hydrogens is 295 g/mol. The Hall–Kier alpha value is -1.79. The van der Waals surface area contributed by atoms with Crippen LogP contribution in [0.4, 0.5) is 4.39 Å². The lowest BCUT2D eigenvalue weighted by molar-refractivity contribution is 0.173. The lowest BCUT2D eigenvalue weighted by atomic mass is 9.91. The van der Waals surface area contributed by atoms with Gasteiger partial charge in [0.1, 0.15) is 5.82 Å². The number of nitrogens with zero attached hydrogens (tertiary/aromatic N) is 3. The maximum Gasteiger partial charge on any atom is 0.213 e. The van der Waals surface area contributed by atoms with Gasteiger partial charge in [-0.2, -0.15) is 0 Å². The molecule has 0 bridgehead atoms. The summed E-state index contributed by atoms with van der Waals surface area (Å²) in [6.07, 6.45) is 3.82. The maximum atomic E-state index is 14.3. The lowest BCUT2D eigenvalue weighted by Crippen LogP contribution is -2.48. The summed E-state index contributed by atoms with van der Waals surface area (Å²) < 4.78 is 19.4. The zero-order valence-corrected chi connectivity index (χ0v) is 13.7. The minimum atomic E-state index is -0.307. The average Bonchev–Trinajstić information content (AvgIpc) is 2.54. The molecule has 1 saturated heterocycles. The number of likely N-dealkylation sites (tertiary alicyclic amines) is 1. The van der Waals surface area contributed by atoms with Crippen molar-refractivity contribution in [3.8, 4) is 5.88 Å². The molecule has 0 saturated carbocycles. The molecule has 0 radical (unpaired) electrons. The third-order valence-electron chi connectivity index (χ3n) is 4.62. The summed E-state index contributed by atoms with van der Waals surface area (Å²) >= 11 is 0. The highest BCUT2D eigenvalue weighted by atomic mass is 19.1. The normalized spacial score (nSPS) is 18.3. The largest absolute Gasteiger partial charge is 0.481 e. The van der Waals surface area contributed by atoms with Crippen molar-refractivity contribution in [2.45, 2.75) is 31.7 Å². The van der Waals surface area contributed by atoms with Crippen LogP contribution in [0.15, 0.2) is 18.3 Å². The van der Waals surface area contributed by atoms with E-state index in [1.807, 2.05) is 6.07 Å². The second kappa shape index (κ2) is 6.37. The molecule has 0 spiro atoms. The molecule has 0 aliphatic carbocycles. The van der Waals surface area contributed by atoms with Crippen molar-refractivity contribution in [3.05, 3.63) is 29.7 Å². The van der Waals surface area contributed by atoms with E-state index in [2.05, 4.69) is 21.8 Å². The van der Waals surface area contributed by atoms with Crippen molar-refractivity contribution in [3.63, 3.8) is 0 Å². The van der Waals surface area contributed by atoms with Gasteiger partial charge in [0.25, 0.3) is 0 Å². The van der Waals surface area contributed by atoms with Crippen molar-refractivity contribution < 1.29 is 9.13 Å². The van der Waals surface area contributed by atoms with E-state index in [0.29, 0.717) is 28.9 Å². The smallest absolute Gasteiger partial charge is 0.213 e. The fourth-order valence-corrected chi connectivity index (χ4v) is 2.99. The van der Waals surface area contributed by atoms with Gasteiger partial charge in [-0.1, -0.05) is 0 Å². The van der Waals surface area contributed by atoms with E-state index < -0.39 is 0 Å². The molecule has 1 aliphatic heterocycles. The first-order chi connectivity index (χ1) is 11.0. The topological polar surface area (TPSA) is 64.3 Å². The molecule has 1 aliphatic rings. The van der Waals surface area contributed by atoms with Gasteiger partial charge < -0.3 is 15.4 Å². The first-order valence-corrected chi connectivity index (χ1v) is 7.98. The molecule has 2 aromatic heterocycles. The number of piperidine rings is 1. The molecule has 0 amide bonds. The second-order valence-corrected chi connectivity index (χ2v) is 6.55. The van der Waals surface area contributed by atoms with Crippen LogP contribution >= 0.6 is 0 Å². The Labute approximate surface area is 135 Å². The second-order valence-electron chi connectivity index (χ2n) is 6.55. The summed E-state index contributed by atoms with van der Waals surface area (Å²) in [4.78, 5) is 10.8. The Morgan fingerprint density at radius 1 is 1.35 bits per heavy atom.